The molecule has 0 spiro atoms. The van der Waals surface area contributed by atoms with E-state index in [4.69, 9.17) is 11.6 Å². The van der Waals surface area contributed by atoms with E-state index < -0.39 is 6.10 Å². The van der Waals surface area contributed by atoms with Crippen LogP contribution in [0.25, 0.3) is 0 Å². The Bertz CT molecular complexity index is 327. The molecule has 1 atom stereocenters. The lowest BCUT2D eigenvalue weighted by Gasteiger charge is -2.06. The third kappa shape index (κ3) is 3.95. The van der Waals surface area contributed by atoms with Crippen LogP contribution in [0.3, 0.4) is 0 Å². The zero-order valence-corrected chi connectivity index (χ0v) is 9.25. The van der Waals surface area contributed by atoms with Crippen LogP contribution in [0, 0.1) is 0 Å². The molecule has 0 aromatic heterocycles. The molecule has 1 unspecified atom stereocenters. The summed E-state index contributed by atoms with van der Waals surface area (Å²) in [6.45, 7) is 3.95. The number of allylic oxidation sites excluding steroid dienone is 1. The first-order chi connectivity index (χ1) is 6.58. The lowest BCUT2D eigenvalue weighted by Crippen LogP contribution is -2.06. The molecule has 2 heteroatoms. The standard InChI is InChI=1S/C12H15ClO/c1-9(2)6-12(14)8-10-4-3-5-11(13)7-10/h3-7,12,14H,8H2,1-2H3. The maximum atomic E-state index is 9.64. The fraction of sp³-hybridized carbons (Fsp3) is 0.333. The molecule has 0 fully saturated rings. The van der Waals surface area contributed by atoms with Crippen molar-refractivity contribution in [2.75, 3.05) is 0 Å². The van der Waals surface area contributed by atoms with Crippen molar-refractivity contribution in [3.8, 4) is 0 Å². The minimum Gasteiger partial charge on any atom is -0.389 e. The van der Waals surface area contributed by atoms with Gasteiger partial charge in [0.05, 0.1) is 6.10 Å². The summed E-state index contributed by atoms with van der Waals surface area (Å²) in [6, 6.07) is 7.57. The molecule has 1 nitrogen and oxygen atoms in total. The highest BCUT2D eigenvalue weighted by Crippen LogP contribution is 2.13. The predicted molar refractivity (Wildman–Crippen MR) is 60.6 cm³/mol. The Labute approximate surface area is 90.0 Å². The number of halogens is 1. The maximum absolute atomic E-state index is 9.64. The number of hydrogen-bond acceptors (Lipinski definition) is 1. The predicted octanol–water partition coefficient (Wildman–Crippen LogP) is 3.21. The molecule has 1 aromatic rings. The van der Waals surface area contributed by atoms with Gasteiger partial charge in [-0.05, 0) is 31.5 Å². The van der Waals surface area contributed by atoms with Crippen LogP contribution in [0.4, 0.5) is 0 Å². The molecule has 0 radical (unpaired) electrons. The molecule has 0 aliphatic heterocycles. The van der Waals surface area contributed by atoms with Gasteiger partial charge in [0, 0.05) is 11.4 Å². The van der Waals surface area contributed by atoms with E-state index in [0.717, 1.165) is 11.1 Å². The van der Waals surface area contributed by atoms with Crippen molar-refractivity contribution in [2.24, 2.45) is 0 Å². The zero-order valence-electron chi connectivity index (χ0n) is 8.50. The molecule has 0 aliphatic rings. The number of hydrogen-bond donors (Lipinski definition) is 1. The highest BCUT2D eigenvalue weighted by Gasteiger charge is 2.02. The Hall–Kier alpha value is -0.790. The highest BCUT2D eigenvalue weighted by molar-refractivity contribution is 6.30. The quantitative estimate of drug-likeness (QED) is 0.760. The van der Waals surface area contributed by atoms with Gasteiger partial charge in [0.2, 0.25) is 0 Å². The van der Waals surface area contributed by atoms with E-state index in [2.05, 4.69) is 0 Å². The first kappa shape index (κ1) is 11.3. The van der Waals surface area contributed by atoms with E-state index >= 15 is 0 Å². The van der Waals surface area contributed by atoms with Crippen molar-refractivity contribution in [3.63, 3.8) is 0 Å². The SMILES string of the molecule is CC(C)=CC(O)Cc1cccc(Cl)c1. The lowest BCUT2D eigenvalue weighted by atomic mass is 10.1. The van der Waals surface area contributed by atoms with Crippen LogP contribution < -0.4 is 0 Å². The van der Waals surface area contributed by atoms with E-state index in [-0.39, 0.29) is 0 Å². The molecule has 0 aliphatic carbocycles. The van der Waals surface area contributed by atoms with E-state index in [1.807, 2.05) is 44.2 Å². The number of benzene rings is 1. The number of rotatable bonds is 3. The van der Waals surface area contributed by atoms with Crippen LogP contribution >= 0.6 is 11.6 Å². The first-order valence-corrected chi connectivity index (χ1v) is 5.03. The van der Waals surface area contributed by atoms with Crippen molar-refractivity contribution in [3.05, 3.63) is 46.5 Å². The maximum Gasteiger partial charge on any atom is 0.0763 e. The smallest absolute Gasteiger partial charge is 0.0763 e. The van der Waals surface area contributed by atoms with Crippen LogP contribution in [-0.2, 0) is 6.42 Å². The molecule has 1 N–H and O–H groups in total. The van der Waals surface area contributed by atoms with Crippen molar-refractivity contribution in [1.82, 2.24) is 0 Å². The van der Waals surface area contributed by atoms with Crippen LogP contribution in [-0.4, -0.2) is 11.2 Å². The van der Waals surface area contributed by atoms with Gasteiger partial charge >= 0.3 is 0 Å². The molecule has 0 bridgehead atoms. The molecule has 1 aromatic carbocycles. The summed E-state index contributed by atoms with van der Waals surface area (Å²) < 4.78 is 0. The molecule has 0 saturated carbocycles. The molecule has 0 amide bonds. The van der Waals surface area contributed by atoms with Crippen LogP contribution in [0.15, 0.2) is 35.9 Å². The average molecular weight is 211 g/mol. The summed E-state index contributed by atoms with van der Waals surface area (Å²) in [5, 5.41) is 10.4. The van der Waals surface area contributed by atoms with Gasteiger partial charge in [-0.25, -0.2) is 0 Å². The van der Waals surface area contributed by atoms with Gasteiger partial charge in [-0.15, -0.1) is 0 Å². The fourth-order valence-corrected chi connectivity index (χ4v) is 1.56. The van der Waals surface area contributed by atoms with Gasteiger partial charge in [-0.2, -0.15) is 0 Å². The van der Waals surface area contributed by atoms with Crippen molar-refractivity contribution >= 4 is 11.6 Å². The van der Waals surface area contributed by atoms with Crippen molar-refractivity contribution in [1.29, 1.82) is 0 Å². The molecule has 0 heterocycles. The minimum atomic E-state index is -0.418. The second-order valence-corrected chi connectivity index (χ2v) is 4.08. The minimum absolute atomic E-state index is 0.418. The number of aliphatic hydroxyl groups excluding tert-OH is 1. The zero-order chi connectivity index (χ0) is 10.6. The molecule has 14 heavy (non-hydrogen) atoms. The van der Waals surface area contributed by atoms with Gasteiger partial charge < -0.3 is 5.11 Å². The largest absolute Gasteiger partial charge is 0.389 e. The first-order valence-electron chi connectivity index (χ1n) is 4.65. The summed E-state index contributed by atoms with van der Waals surface area (Å²) in [4.78, 5) is 0. The van der Waals surface area contributed by atoms with Crippen molar-refractivity contribution in [2.45, 2.75) is 26.4 Å². The monoisotopic (exact) mass is 210 g/mol. The van der Waals surface area contributed by atoms with E-state index in [0.29, 0.717) is 11.4 Å². The summed E-state index contributed by atoms with van der Waals surface area (Å²) >= 11 is 5.84. The summed E-state index contributed by atoms with van der Waals surface area (Å²) in [5.74, 6) is 0. The second kappa shape index (κ2) is 5.18. The van der Waals surface area contributed by atoms with Crippen LogP contribution in [0.2, 0.25) is 5.02 Å². The Morgan fingerprint density at radius 2 is 2.21 bits per heavy atom. The Morgan fingerprint density at radius 1 is 1.50 bits per heavy atom. The van der Waals surface area contributed by atoms with E-state index in [1.54, 1.807) is 0 Å². The van der Waals surface area contributed by atoms with Crippen molar-refractivity contribution < 1.29 is 5.11 Å². The Morgan fingerprint density at radius 3 is 2.79 bits per heavy atom. The molecule has 0 saturated heterocycles. The molecule has 76 valence electrons. The molecular weight excluding hydrogens is 196 g/mol. The molecule has 1 rings (SSSR count). The Balaban J connectivity index is 2.65. The number of aliphatic hydroxyl groups is 1. The third-order valence-corrected chi connectivity index (χ3v) is 2.09. The topological polar surface area (TPSA) is 20.2 Å². The van der Waals surface area contributed by atoms with Crippen LogP contribution in [0.5, 0.6) is 0 Å². The summed E-state index contributed by atoms with van der Waals surface area (Å²) in [5.41, 5.74) is 2.18. The second-order valence-electron chi connectivity index (χ2n) is 3.65. The van der Waals surface area contributed by atoms with E-state index in [9.17, 15) is 5.11 Å². The average Bonchev–Trinajstić information content (AvgIpc) is 2.01. The van der Waals surface area contributed by atoms with Gasteiger partial charge in [0.25, 0.3) is 0 Å². The van der Waals surface area contributed by atoms with Crippen LogP contribution in [0.1, 0.15) is 19.4 Å². The summed E-state index contributed by atoms with van der Waals surface area (Å²) in [7, 11) is 0. The van der Waals surface area contributed by atoms with Gasteiger partial charge in [0.15, 0.2) is 0 Å². The fourth-order valence-electron chi connectivity index (χ4n) is 1.35. The highest BCUT2D eigenvalue weighted by atomic mass is 35.5. The van der Waals surface area contributed by atoms with Gasteiger partial charge in [-0.1, -0.05) is 35.4 Å². The Kier molecular flexibility index (Phi) is 4.18. The normalized spacial score (nSPS) is 12.3. The third-order valence-electron chi connectivity index (χ3n) is 1.86. The van der Waals surface area contributed by atoms with E-state index in [1.165, 1.54) is 0 Å². The summed E-state index contributed by atoms with van der Waals surface area (Å²) in [6.07, 6.45) is 2.05. The van der Waals surface area contributed by atoms with Gasteiger partial charge in [0.1, 0.15) is 0 Å². The lowest BCUT2D eigenvalue weighted by molar-refractivity contribution is 0.223. The van der Waals surface area contributed by atoms with Gasteiger partial charge in [-0.3, -0.25) is 0 Å². The molecular formula is C12H15ClO.